The van der Waals surface area contributed by atoms with E-state index in [9.17, 15) is 0 Å². The lowest BCUT2D eigenvalue weighted by Gasteiger charge is -2.27. The minimum absolute atomic E-state index is 0.172. The topological polar surface area (TPSA) is 51.8 Å². The van der Waals surface area contributed by atoms with Crippen LogP contribution in [-0.4, -0.2) is 53.0 Å². The molecule has 0 spiro atoms. The van der Waals surface area contributed by atoms with Gasteiger partial charge in [0.25, 0.3) is 0 Å². The summed E-state index contributed by atoms with van der Waals surface area (Å²) in [5.41, 5.74) is -0.489. The van der Waals surface area contributed by atoms with Gasteiger partial charge in [0.1, 0.15) is 0 Å². The number of likely N-dealkylation sites (N-methyl/N-ethyl adjacent to an activating group) is 1. The molecule has 1 unspecified atom stereocenters. The number of ether oxygens (including phenoxy) is 3. The fourth-order valence-corrected chi connectivity index (χ4v) is 1.47. The van der Waals surface area contributed by atoms with E-state index in [2.05, 4.69) is 10.6 Å². The number of nitrogens with one attached hydrogen (secondary N) is 2. The lowest BCUT2D eigenvalue weighted by molar-refractivity contribution is -0.102. The largest absolute Gasteiger partial charge is 0.380 e. The van der Waals surface area contributed by atoms with Crippen LogP contribution >= 0.6 is 0 Å². The highest BCUT2D eigenvalue weighted by atomic mass is 16.6. The van der Waals surface area contributed by atoms with Crippen molar-refractivity contribution >= 4 is 0 Å². The third-order valence-corrected chi connectivity index (χ3v) is 2.07. The third kappa shape index (κ3) is 2.62. The molecule has 1 saturated heterocycles. The summed E-state index contributed by atoms with van der Waals surface area (Å²) in [6.07, 6.45) is 0.172. The average Bonchev–Trinajstić information content (AvgIpc) is 2.50. The molecule has 1 atom stereocenters. The molecule has 2 N–H and O–H groups in total. The Morgan fingerprint density at radius 1 is 1.46 bits per heavy atom. The summed E-state index contributed by atoms with van der Waals surface area (Å²) in [7, 11) is 5.18. The molecule has 0 aromatic heterocycles. The molecule has 1 heterocycles. The summed E-state index contributed by atoms with van der Waals surface area (Å²) in [4.78, 5) is 0. The Morgan fingerprint density at radius 3 is 2.46 bits per heavy atom. The van der Waals surface area contributed by atoms with Crippen LogP contribution in [0.4, 0.5) is 0 Å². The van der Waals surface area contributed by atoms with Crippen LogP contribution in [0, 0.1) is 0 Å². The van der Waals surface area contributed by atoms with Crippen LogP contribution in [0.3, 0.4) is 0 Å². The summed E-state index contributed by atoms with van der Waals surface area (Å²) in [5.74, 6) is 0. The van der Waals surface area contributed by atoms with Gasteiger partial charge in [-0.1, -0.05) is 0 Å². The molecule has 1 rings (SSSR count). The zero-order chi connectivity index (χ0) is 9.73. The first-order chi connectivity index (χ1) is 6.26. The van der Waals surface area contributed by atoms with Gasteiger partial charge < -0.3 is 19.5 Å². The van der Waals surface area contributed by atoms with E-state index in [-0.39, 0.29) is 6.17 Å². The molecule has 0 saturated carbocycles. The lowest BCUT2D eigenvalue weighted by Crippen LogP contribution is -2.53. The third-order valence-electron chi connectivity index (χ3n) is 2.07. The molecule has 0 aromatic rings. The average molecular weight is 190 g/mol. The molecule has 0 aromatic carbocycles. The van der Waals surface area contributed by atoms with Crippen LogP contribution in [0.1, 0.15) is 0 Å². The van der Waals surface area contributed by atoms with Crippen LogP contribution in [0.2, 0.25) is 0 Å². The highest BCUT2D eigenvalue weighted by Crippen LogP contribution is 2.15. The second-order valence-corrected chi connectivity index (χ2v) is 3.16. The first kappa shape index (κ1) is 10.9. The van der Waals surface area contributed by atoms with Crippen LogP contribution in [0.15, 0.2) is 0 Å². The standard InChI is InChI=1S/C8H18N2O3/c1-9-7-4-13-8(10-7,5-11-2)6-12-3/h7,9-10H,4-6H2,1-3H3. The molecule has 1 aliphatic rings. The molecule has 78 valence electrons. The van der Waals surface area contributed by atoms with E-state index >= 15 is 0 Å². The fourth-order valence-electron chi connectivity index (χ4n) is 1.47. The van der Waals surface area contributed by atoms with Crippen molar-refractivity contribution in [2.45, 2.75) is 11.9 Å². The van der Waals surface area contributed by atoms with E-state index in [1.165, 1.54) is 0 Å². The SMILES string of the molecule is CNC1COC(COC)(COC)N1. The molecular weight excluding hydrogens is 172 g/mol. The van der Waals surface area contributed by atoms with Gasteiger partial charge in [0.05, 0.1) is 26.0 Å². The maximum Gasteiger partial charge on any atom is 0.167 e. The molecule has 0 amide bonds. The van der Waals surface area contributed by atoms with Crippen molar-refractivity contribution in [1.29, 1.82) is 0 Å². The minimum atomic E-state index is -0.489. The molecular formula is C8H18N2O3. The minimum Gasteiger partial charge on any atom is -0.380 e. The summed E-state index contributed by atoms with van der Waals surface area (Å²) in [6, 6.07) is 0. The van der Waals surface area contributed by atoms with Crippen molar-refractivity contribution in [3.05, 3.63) is 0 Å². The van der Waals surface area contributed by atoms with Crippen molar-refractivity contribution < 1.29 is 14.2 Å². The summed E-state index contributed by atoms with van der Waals surface area (Å²) in [5, 5.41) is 6.36. The van der Waals surface area contributed by atoms with Gasteiger partial charge in [-0.15, -0.1) is 0 Å². The van der Waals surface area contributed by atoms with Crippen LogP contribution in [-0.2, 0) is 14.2 Å². The van der Waals surface area contributed by atoms with E-state index in [1.54, 1.807) is 14.2 Å². The van der Waals surface area contributed by atoms with E-state index in [1.807, 2.05) is 7.05 Å². The number of methoxy groups -OCH3 is 2. The van der Waals surface area contributed by atoms with Gasteiger partial charge in [0, 0.05) is 14.2 Å². The zero-order valence-corrected chi connectivity index (χ0v) is 8.42. The molecule has 5 heteroatoms. The maximum absolute atomic E-state index is 5.60. The smallest absolute Gasteiger partial charge is 0.167 e. The van der Waals surface area contributed by atoms with E-state index in [0.717, 1.165) is 0 Å². The Bertz CT molecular complexity index is 148. The van der Waals surface area contributed by atoms with Gasteiger partial charge in [-0.05, 0) is 7.05 Å². The quantitative estimate of drug-likeness (QED) is 0.591. The van der Waals surface area contributed by atoms with Gasteiger partial charge in [-0.25, -0.2) is 0 Å². The van der Waals surface area contributed by atoms with Crippen molar-refractivity contribution in [2.24, 2.45) is 0 Å². The second-order valence-electron chi connectivity index (χ2n) is 3.16. The molecule has 13 heavy (non-hydrogen) atoms. The van der Waals surface area contributed by atoms with Gasteiger partial charge in [0.15, 0.2) is 5.72 Å². The molecule has 0 bridgehead atoms. The Labute approximate surface area is 78.7 Å². The summed E-state index contributed by atoms with van der Waals surface area (Å²) >= 11 is 0. The van der Waals surface area contributed by atoms with Gasteiger partial charge >= 0.3 is 0 Å². The van der Waals surface area contributed by atoms with E-state index in [0.29, 0.717) is 19.8 Å². The Hall–Kier alpha value is -0.200. The van der Waals surface area contributed by atoms with Crippen LogP contribution in [0.5, 0.6) is 0 Å². The van der Waals surface area contributed by atoms with Gasteiger partial charge in [-0.3, -0.25) is 5.32 Å². The summed E-state index contributed by atoms with van der Waals surface area (Å²) < 4.78 is 15.8. The first-order valence-corrected chi connectivity index (χ1v) is 4.33. The lowest BCUT2D eigenvalue weighted by atomic mass is 10.2. The fraction of sp³-hybridized carbons (Fsp3) is 1.00. The van der Waals surface area contributed by atoms with Gasteiger partial charge in [-0.2, -0.15) is 0 Å². The molecule has 0 aliphatic carbocycles. The molecule has 0 radical (unpaired) electrons. The van der Waals surface area contributed by atoms with Crippen molar-refractivity contribution in [1.82, 2.24) is 10.6 Å². The molecule has 1 aliphatic heterocycles. The second kappa shape index (κ2) is 4.88. The molecule has 1 fully saturated rings. The Balaban J connectivity index is 2.49. The van der Waals surface area contributed by atoms with E-state index < -0.39 is 5.72 Å². The normalized spacial score (nSPS) is 26.5. The Kier molecular flexibility index (Phi) is 4.08. The first-order valence-electron chi connectivity index (χ1n) is 4.33. The Morgan fingerprint density at radius 2 is 2.08 bits per heavy atom. The number of hydrogen-bond donors (Lipinski definition) is 2. The van der Waals surface area contributed by atoms with Gasteiger partial charge in [0.2, 0.25) is 0 Å². The number of rotatable bonds is 5. The highest BCUT2D eigenvalue weighted by Gasteiger charge is 2.39. The van der Waals surface area contributed by atoms with Crippen molar-refractivity contribution in [2.75, 3.05) is 41.1 Å². The summed E-state index contributed by atoms with van der Waals surface area (Å²) in [6.45, 7) is 1.60. The predicted molar refractivity (Wildman–Crippen MR) is 48.4 cm³/mol. The maximum atomic E-state index is 5.60. The van der Waals surface area contributed by atoms with Crippen LogP contribution in [0.25, 0.3) is 0 Å². The zero-order valence-electron chi connectivity index (χ0n) is 8.42. The highest BCUT2D eigenvalue weighted by molar-refractivity contribution is 4.87. The molecule has 5 nitrogen and oxygen atoms in total. The van der Waals surface area contributed by atoms with E-state index in [4.69, 9.17) is 14.2 Å². The van der Waals surface area contributed by atoms with Crippen molar-refractivity contribution in [3.63, 3.8) is 0 Å². The number of hydrogen-bond acceptors (Lipinski definition) is 5. The monoisotopic (exact) mass is 190 g/mol. The van der Waals surface area contributed by atoms with Crippen molar-refractivity contribution in [3.8, 4) is 0 Å². The predicted octanol–water partition coefficient (Wildman–Crippen LogP) is -0.859. The van der Waals surface area contributed by atoms with Crippen LogP contribution < -0.4 is 10.6 Å².